The first-order valence-corrected chi connectivity index (χ1v) is 6.29. The molecule has 3 N–H and O–H groups in total. The summed E-state index contributed by atoms with van der Waals surface area (Å²) in [6, 6.07) is -1.10. The maximum Gasteiger partial charge on any atom is 0.322 e. The predicted molar refractivity (Wildman–Crippen MR) is 70.5 cm³/mol. The summed E-state index contributed by atoms with van der Waals surface area (Å²) in [5.74, 6) is -0.633. The zero-order chi connectivity index (χ0) is 14.8. The first-order chi connectivity index (χ1) is 8.90. The van der Waals surface area contributed by atoms with E-state index in [0.717, 1.165) is 0 Å². The van der Waals surface area contributed by atoms with E-state index in [2.05, 4.69) is 20.7 Å². The van der Waals surface area contributed by atoms with Crippen LogP contribution in [0.2, 0.25) is 0 Å². The summed E-state index contributed by atoms with van der Waals surface area (Å²) in [5.41, 5.74) is 0. The summed E-state index contributed by atoms with van der Waals surface area (Å²) in [6.07, 6.45) is 0.557. The number of esters is 1. The highest BCUT2D eigenvalue weighted by atomic mass is 16.5. The minimum absolute atomic E-state index is 0.121. The number of nitrogens with one attached hydrogen (secondary N) is 3. The summed E-state index contributed by atoms with van der Waals surface area (Å²) in [5, 5.41) is 7.37. The van der Waals surface area contributed by atoms with Gasteiger partial charge in [0.05, 0.1) is 13.7 Å². The molecule has 0 saturated heterocycles. The number of rotatable bonds is 7. The molecule has 0 aliphatic rings. The van der Waals surface area contributed by atoms with Crippen molar-refractivity contribution in [1.29, 1.82) is 0 Å². The van der Waals surface area contributed by atoms with Crippen LogP contribution in [0.1, 0.15) is 27.2 Å². The molecule has 0 rings (SSSR count). The first-order valence-electron chi connectivity index (χ1n) is 6.29. The Kier molecular flexibility index (Phi) is 8.52. The van der Waals surface area contributed by atoms with Crippen molar-refractivity contribution in [3.8, 4) is 0 Å². The fourth-order valence-electron chi connectivity index (χ4n) is 1.47. The maximum atomic E-state index is 11.5. The molecule has 0 aromatic carbocycles. The summed E-state index contributed by atoms with van der Waals surface area (Å²) < 4.78 is 4.65. The van der Waals surface area contributed by atoms with E-state index in [1.807, 2.05) is 13.8 Å². The Morgan fingerprint density at radius 1 is 1.21 bits per heavy atom. The predicted octanol–water partition coefficient (Wildman–Crippen LogP) is 0.00940. The molecule has 7 nitrogen and oxygen atoms in total. The van der Waals surface area contributed by atoms with Gasteiger partial charge in [-0.3, -0.25) is 20.2 Å². The van der Waals surface area contributed by atoms with E-state index < -0.39 is 23.9 Å². The van der Waals surface area contributed by atoms with Crippen LogP contribution in [0.3, 0.4) is 0 Å². The lowest BCUT2D eigenvalue weighted by molar-refractivity contribution is -0.143. The van der Waals surface area contributed by atoms with Gasteiger partial charge in [-0.15, -0.1) is 0 Å². The van der Waals surface area contributed by atoms with Gasteiger partial charge in [-0.2, -0.15) is 0 Å². The van der Waals surface area contributed by atoms with Crippen LogP contribution in [-0.4, -0.2) is 44.1 Å². The van der Waals surface area contributed by atoms with E-state index in [1.165, 1.54) is 7.11 Å². The zero-order valence-corrected chi connectivity index (χ0v) is 11.9. The largest absolute Gasteiger partial charge is 0.468 e. The Balaban J connectivity index is 4.20. The minimum atomic E-state index is -0.551. The molecular formula is C12H23N3O4. The van der Waals surface area contributed by atoms with Crippen molar-refractivity contribution >= 4 is 17.9 Å². The second kappa shape index (κ2) is 9.32. The number of hydrogen-bond donors (Lipinski definition) is 3. The fourth-order valence-corrected chi connectivity index (χ4v) is 1.47. The van der Waals surface area contributed by atoms with Gasteiger partial charge in [0.25, 0.3) is 0 Å². The second-order valence-corrected chi connectivity index (χ2v) is 4.49. The molecule has 0 aliphatic heterocycles. The SMILES string of the molecule is CCNC(=O)NC(=O)CNC(CC(C)C)C(=O)OC. The number of imide groups is 1. The molecule has 1 unspecified atom stereocenters. The van der Waals surface area contributed by atoms with Crippen LogP contribution >= 0.6 is 0 Å². The lowest BCUT2D eigenvalue weighted by atomic mass is 10.0. The lowest BCUT2D eigenvalue weighted by Gasteiger charge is -2.17. The number of urea groups is 1. The molecule has 0 spiro atoms. The summed E-state index contributed by atoms with van der Waals surface area (Å²) in [4.78, 5) is 34.0. The Morgan fingerprint density at radius 3 is 2.32 bits per heavy atom. The van der Waals surface area contributed by atoms with Crippen LogP contribution in [-0.2, 0) is 14.3 Å². The second-order valence-electron chi connectivity index (χ2n) is 4.49. The van der Waals surface area contributed by atoms with Crippen molar-refractivity contribution in [3.63, 3.8) is 0 Å². The van der Waals surface area contributed by atoms with Gasteiger partial charge in [0, 0.05) is 6.54 Å². The van der Waals surface area contributed by atoms with E-state index in [4.69, 9.17) is 0 Å². The first kappa shape index (κ1) is 17.4. The smallest absolute Gasteiger partial charge is 0.322 e. The molecule has 0 aromatic rings. The fraction of sp³-hybridized carbons (Fsp3) is 0.750. The normalized spacial score (nSPS) is 11.8. The van der Waals surface area contributed by atoms with Gasteiger partial charge in [0.1, 0.15) is 6.04 Å². The van der Waals surface area contributed by atoms with E-state index in [1.54, 1.807) is 6.92 Å². The average Bonchev–Trinajstić information content (AvgIpc) is 2.33. The third kappa shape index (κ3) is 8.15. The molecule has 0 saturated carbocycles. The van der Waals surface area contributed by atoms with Crippen LogP contribution in [0.4, 0.5) is 4.79 Å². The summed E-state index contributed by atoms with van der Waals surface area (Å²) in [6.45, 7) is 5.99. The third-order valence-corrected chi connectivity index (χ3v) is 2.29. The highest BCUT2D eigenvalue weighted by Gasteiger charge is 2.21. The van der Waals surface area contributed by atoms with E-state index in [0.29, 0.717) is 13.0 Å². The minimum Gasteiger partial charge on any atom is -0.468 e. The number of carbonyl (C=O) groups is 3. The molecule has 0 aliphatic carbocycles. The molecule has 0 radical (unpaired) electrons. The monoisotopic (exact) mass is 273 g/mol. The maximum absolute atomic E-state index is 11.5. The van der Waals surface area contributed by atoms with Gasteiger partial charge < -0.3 is 10.1 Å². The van der Waals surface area contributed by atoms with Crippen LogP contribution in [0, 0.1) is 5.92 Å². The van der Waals surface area contributed by atoms with E-state index in [9.17, 15) is 14.4 Å². The highest BCUT2D eigenvalue weighted by molar-refractivity contribution is 5.95. The van der Waals surface area contributed by atoms with Gasteiger partial charge in [-0.1, -0.05) is 13.8 Å². The molecule has 0 heterocycles. The van der Waals surface area contributed by atoms with Crippen molar-refractivity contribution in [1.82, 2.24) is 16.0 Å². The van der Waals surface area contributed by atoms with Gasteiger partial charge in [-0.05, 0) is 19.3 Å². The van der Waals surface area contributed by atoms with Crippen molar-refractivity contribution in [2.45, 2.75) is 33.2 Å². The molecule has 110 valence electrons. The van der Waals surface area contributed by atoms with Crippen LogP contribution in [0.15, 0.2) is 0 Å². The molecule has 7 heteroatoms. The molecule has 1 atom stereocenters. The number of amides is 3. The Hall–Kier alpha value is -1.63. The molecule has 0 aromatic heterocycles. The topological polar surface area (TPSA) is 96.5 Å². The van der Waals surface area contributed by atoms with Crippen LogP contribution in [0.25, 0.3) is 0 Å². The molecule has 0 fully saturated rings. The van der Waals surface area contributed by atoms with Crippen molar-refractivity contribution in [2.24, 2.45) is 5.92 Å². The van der Waals surface area contributed by atoms with Gasteiger partial charge in [0.15, 0.2) is 0 Å². The highest BCUT2D eigenvalue weighted by Crippen LogP contribution is 2.05. The number of ether oxygens (including phenoxy) is 1. The molecule has 3 amide bonds. The standard InChI is InChI=1S/C12H23N3O4/c1-5-13-12(18)15-10(16)7-14-9(6-8(2)3)11(17)19-4/h8-9,14H,5-7H2,1-4H3,(H2,13,15,16,18). The third-order valence-electron chi connectivity index (χ3n) is 2.29. The molecule has 19 heavy (non-hydrogen) atoms. The molecular weight excluding hydrogens is 250 g/mol. The summed E-state index contributed by atoms with van der Waals surface area (Å²) >= 11 is 0. The van der Waals surface area contributed by atoms with Crippen molar-refractivity contribution in [2.75, 3.05) is 20.2 Å². The Bertz CT molecular complexity index is 318. The number of carbonyl (C=O) groups excluding carboxylic acids is 3. The number of methoxy groups -OCH3 is 1. The molecule has 0 bridgehead atoms. The van der Waals surface area contributed by atoms with Gasteiger partial charge in [-0.25, -0.2) is 4.79 Å². The lowest BCUT2D eigenvalue weighted by Crippen LogP contribution is -2.47. The van der Waals surface area contributed by atoms with Crippen LogP contribution < -0.4 is 16.0 Å². The van der Waals surface area contributed by atoms with Gasteiger partial charge in [0.2, 0.25) is 5.91 Å². The number of hydrogen-bond acceptors (Lipinski definition) is 5. The average molecular weight is 273 g/mol. The van der Waals surface area contributed by atoms with E-state index in [-0.39, 0.29) is 12.5 Å². The zero-order valence-electron chi connectivity index (χ0n) is 11.9. The Morgan fingerprint density at radius 2 is 1.84 bits per heavy atom. The van der Waals surface area contributed by atoms with Crippen molar-refractivity contribution in [3.05, 3.63) is 0 Å². The van der Waals surface area contributed by atoms with Gasteiger partial charge >= 0.3 is 12.0 Å². The van der Waals surface area contributed by atoms with Crippen LogP contribution in [0.5, 0.6) is 0 Å². The van der Waals surface area contributed by atoms with Crippen molar-refractivity contribution < 1.29 is 19.1 Å². The Labute approximate surface area is 113 Å². The van der Waals surface area contributed by atoms with E-state index >= 15 is 0 Å². The quantitative estimate of drug-likeness (QED) is 0.568. The summed E-state index contributed by atoms with van der Waals surface area (Å²) in [7, 11) is 1.30.